The van der Waals surface area contributed by atoms with E-state index in [1.54, 1.807) is 0 Å². The number of carbonyl (C=O) groups is 1. The average Bonchev–Trinajstić information content (AvgIpc) is 2.62. The molecule has 2 rings (SSSR count). The van der Waals surface area contributed by atoms with Gasteiger partial charge in [0.25, 0.3) is 0 Å². The van der Waals surface area contributed by atoms with Crippen LogP contribution in [-0.2, 0) is 9.63 Å². The summed E-state index contributed by atoms with van der Waals surface area (Å²) >= 11 is 5.86. The van der Waals surface area contributed by atoms with E-state index in [2.05, 4.69) is 5.16 Å². The molecule has 0 saturated heterocycles. The number of nitrogens with zero attached hydrogens (tertiary/aromatic N) is 1. The molecule has 1 aliphatic heterocycles. The molecular weight excluding hydrogens is 249 g/mol. The van der Waals surface area contributed by atoms with Gasteiger partial charge < -0.3 is 9.94 Å². The quantitative estimate of drug-likeness (QED) is 0.885. The predicted molar refractivity (Wildman–Crippen MR) is 59.7 cm³/mol. The minimum Gasteiger partial charge on any atom is -0.478 e. The molecule has 1 aliphatic rings. The maximum absolute atomic E-state index is 13.6. The molecule has 0 radical (unpaired) electrons. The summed E-state index contributed by atoms with van der Waals surface area (Å²) in [7, 11) is 0. The maximum atomic E-state index is 13.6. The van der Waals surface area contributed by atoms with Crippen LogP contribution >= 0.6 is 11.6 Å². The van der Waals surface area contributed by atoms with E-state index in [0.717, 1.165) is 0 Å². The second kappa shape index (κ2) is 4.00. The Morgan fingerprint density at radius 2 is 2.35 bits per heavy atom. The van der Waals surface area contributed by atoms with Crippen LogP contribution in [0.3, 0.4) is 0 Å². The second-order valence-electron chi connectivity index (χ2n) is 3.94. The fourth-order valence-electron chi connectivity index (χ4n) is 1.56. The number of halogens is 2. The van der Waals surface area contributed by atoms with E-state index in [1.165, 1.54) is 25.1 Å². The SMILES string of the molecule is C[C@]1(C(=O)O)CC(c2c(F)cccc2Cl)=NO1. The lowest BCUT2D eigenvalue weighted by molar-refractivity contribution is -0.160. The molecule has 0 saturated carbocycles. The van der Waals surface area contributed by atoms with Crippen molar-refractivity contribution >= 4 is 23.3 Å². The van der Waals surface area contributed by atoms with E-state index in [4.69, 9.17) is 21.5 Å². The molecule has 0 aromatic heterocycles. The van der Waals surface area contributed by atoms with Crippen molar-refractivity contribution in [3.8, 4) is 0 Å². The lowest BCUT2D eigenvalue weighted by Gasteiger charge is -2.14. The van der Waals surface area contributed by atoms with Gasteiger partial charge in [-0.15, -0.1) is 0 Å². The van der Waals surface area contributed by atoms with Crippen molar-refractivity contribution in [2.75, 3.05) is 0 Å². The van der Waals surface area contributed by atoms with E-state index in [1.807, 2.05) is 0 Å². The molecule has 17 heavy (non-hydrogen) atoms. The van der Waals surface area contributed by atoms with Crippen molar-refractivity contribution in [2.24, 2.45) is 5.16 Å². The molecule has 1 N–H and O–H groups in total. The third-order valence-corrected chi connectivity index (χ3v) is 2.88. The van der Waals surface area contributed by atoms with Crippen LogP contribution in [0.1, 0.15) is 18.9 Å². The number of oxime groups is 1. The number of hydrogen-bond donors (Lipinski definition) is 1. The molecule has 1 aromatic carbocycles. The van der Waals surface area contributed by atoms with Crippen LogP contribution in [0.2, 0.25) is 5.02 Å². The third kappa shape index (κ3) is 1.98. The highest BCUT2D eigenvalue weighted by Crippen LogP contribution is 2.30. The lowest BCUT2D eigenvalue weighted by Crippen LogP contribution is -2.35. The number of carboxylic acid groups (broad SMARTS) is 1. The summed E-state index contributed by atoms with van der Waals surface area (Å²) in [5.41, 5.74) is -1.15. The number of benzene rings is 1. The Balaban J connectivity index is 2.36. The number of carboxylic acids is 1. The standard InChI is InChI=1S/C11H9ClFNO3/c1-11(10(15)16)5-8(14-17-11)9-6(12)3-2-4-7(9)13/h2-4H,5H2,1H3,(H,15,16)/t11-/m1/s1. The van der Waals surface area contributed by atoms with Crippen molar-refractivity contribution in [2.45, 2.75) is 18.9 Å². The van der Waals surface area contributed by atoms with Crippen LogP contribution in [0.15, 0.2) is 23.4 Å². The molecular formula is C11H9ClFNO3. The molecule has 0 spiro atoms. The fraction of sp³-hybridized carbons (Fsp3) is 0.273. The van der Waals surface area contributed by atoms with Crippen molar-refractivity contribution in [1.82, 2.24) is 0 Å². The Labute approximate surface area is 102 Å². The third-order valence-electron chi connectivity index (χ3n) is 2.57. The van der Waals surface area contributed by atoms with E-state index in [9.17, 15) is 9.18 Å². The van der Waals surface area contributed by atoms with Crippen molar-refractivity contribution in [1.29, 1.82) is 0 Å². The topological polar surface area (TPSA) is 58.9 Å². The van der Waals surface area contributed by atoms with E-state index < -0.39 is 17.4 Å². The summed E-state index contributed by atoms with van der Waals surface area (Å²) in [5, 5.41) is 12.7. The highest BCUT2D eigenvalue weighted by molar-refractivity contribution is 6.34. The summed E-state index contributed by atoms with van der Waals surface area (Å²) < 4.78 is 13.6. The first-order valence-electron chi connectivity index (χ1n) is 4.87. The van der Waals surface area contributed by atoms with Gasteiger partial charge in [0, 0.05) is 6.42 Å². The van der Waals surface area contributed by atoms with Gasteiger partial charge >= 0.3 is 5.97 Å². The molecule has 1 heterocycles. The highest BCUT2D eigenvalue weighted by Gasteiger charge is 2.43. The van der Waals surface area contributed by atoms with Crippen LogP contribution < -0.4 is 0 Å². The highest BCUT2D eigenvalue weighted by atomic mass is 35.5. The van der Waals surface area contributed by atoms with Gasteiger partial charge in [-0.05, 0) is 19.1 Å². The van der Waals surface area contributed by atoms with E-state index in [0.29, 0.717) is 0 Å². The number of hydrogen-bond acceptors (Lipinski definition) is 3. The molecule has 4 nitrogen and oxygen atoms in total. The normalized spacial score (nSPS) is 23.1. The number of aliphatic carboxylic acids is 1. The molecule has 1 aromatic rings. The first-order valence-corrected chi connectivity index (χ1v) is 5.25. The lowest BCUT2D eigenvalue weighted by atomic mass is 9.96. The Bertz CT molecular complexity index is 497. The van der Waals surface area contributed by atoms with Crippen molar-refractivity contribution < 1.29 is 19.1 Å². The van der Waals surface area contributed by atoms with E-state index in [-0.39, 0.29) is 22.7 Å². The van der Waals surface area contributed by atoms with Gasteiger partial charge in [0.05, 0.1) is 16.3 Å². The first kappa shape index (κ1) is 11.9. The number of rotatable bonds is 2. The van der Waals surface area contributed by atoms with Gasteiger partial charge in [-0.1, -0.05) is 22.8 Å². The molecule has 0 unspecified atom stereocenters. The molecule has 0 fully saturated rings. The zero-order valence-electron chi connectivity index (χ0n) is 8.91. The van der Waals surface area contributed by atoms with Crippen LogP contribution in [0.4, 0.5) is 4.39 Å². The van der Waals surface area contributed by atoms with E-state index >= 15 is 0 Å². The van der Waals surface area contributed by atoms with Crippen molar-refractivity contribution in [3.63, 3.8) is 0 Å². The Morgan fingerprint density at radius 3 is 2.88 bits per heavy atom. The van der Waals surface area contributed by atoms with Crippen molar-refractivity contribution in [3.05, 3.63) is 34.6 Å². The first-order chi connectivity index (χ1) is 7.94. The molecule has 0 bridgehead atoms. The van der Waals surface area contributed by atoms with Crippen LogP contribution in [0.5, 0.6) is 0 Å². The second-order valence-corrected chi connectivity index (χ2v) is 4.35. The zero-order chi connectivity index (χ0) is 12.6. The van der Waals surface area contributed by atoms with Crippen LogP contribution in [0.25, 0.3) is 0 Å². The summed E-state index contributed by atoms with van der Waals surface area (Å²) in [5.74, 6) is -1.70. The minimum absolute atomic E-state index is 0.0248. The Hall–Kier alpha value is -1.62. The summed E-state index contributed by atoms with van der Waals surface area (Å²) in [6.45, 7) is 1.38. The van der Waals surface area contributed by atoms with Gasteiger partial charge in [0.1, 0.15) is 5.82 Å². The van der Waals surface area contributed by atoms with Gasteiger partial charge in [-0.25, -0.2) is 9.18 Å². The van der Waals surface area contributed by atoms with Gasteiger partial charge in [0.15, 0.2) is 0 Å². The van der Waals surface area contributed by atoms with Gasteiger partial charge in [-0.2, -0.15) is 0 Å². The maximum Gasteiger partial charge on any atom is 0.351 e. The van der Waals surface area contributed by atoms with Crippen LogP contribution in [0, 0.1) is 5.82 Å². The smallest absolute Gasteiger partial charge is 0.351 e. The molecule has 0 amide bonds. The average molecular weight is 258 g/mol. The molecule has 90 valence electrons. The molecule has 6 heteroatoms. The summed E-state index contributed by atoms with van der Waals surface area (Å²) in [6.07, 6.45) is -0.0248. The van der Waals surface area contributed by atoms with Crippen LogP contribution in [-0.4, -0.2) is 22.4 Å². The largest absolute Gasteiger partial charge is 0.478 e. The monoisotopic (exact) mass is 257 g/mol. The molecule has 1 atom stereocenters. The van der Waals surface area contributed by atoms with Gasteiger partial charge in [-0.3, -0.25) is 0 Å². The predicted octanol–water partition coefficient (Wildman–Crippen LogP) is 2.45. The zero-order valence-corrected chi connectivity index (χ0v) is 9.66. The minimum atomic E-state index is -1.46. The molecule has 0 aliphatic carbocycles. The Kier molecular flexibility index (Phi) is 2.79. The van der Waals surface area contributed by atoms with Gasteiger partial charge in [0.2, 0.25) is 5.60 Å². The summed E-state index contributed by atoms with van der Waals surface area (Å²) in [6, 6.07) is 4.22. The summed E-state index contributed by atoms with van der Waals surface area (Å²) in [4.78, 5) is 15.8. The fourth-order valence-corrected chi connectivity index (χ4v) is 1.83. The Morgan fingerprint density at radius 1 is 1.65 bits per heavy atom.